The molecule has 0 bridgehead atoms. The molecule has 5 heteroatoms. The Morgan fingerprint density at radius 2 is 1.97 bits per heavy atom. The normalized spacial score (nSPS) is 29.3. The summed E-state index contributed by atoms with van der Waals surface area (Å²) >= 11 is 0. The highest BCUT2D eigenvalue weighted by Crippen LogP contribution is 2.52. The number of aromatic nitrogens is 2. The van der Waals surface area contributed by atoms with E-state index in [2.05, 4.69) is 24.2 Å². The van der Waals surface area contributed by atoms with Gasteiger partial charge in [-0.05, 0) is 92.0 Å². The van der Waals surface area contributed by atoms with E-state index in [9.17, 15) is 14.6 Å². The number of halogens is 1. The topological polar surface area (TPSA) is 58.3 Å². The van der Waals surface area contributed by atoms with Crippen molar-refractivity contribution in [3.63, 3.8) is 0 Å². The van der Waals surface area contributed by atoms with Crippen LogP contribution in [0.25, 0.3) is 16.6 Å². The fourth-order valence-electron chi connectivity index (χ4n) is 5.81. The number of aryl methyl sites for hydroxylation is 1. The average Bonchev–Trinajstić information content (AvgIpc) is 3.06. The summed E-state index contributed by atoms with van der Waals surface area (Å²) in [5.74, 6) is 0.129. The summed E-state index contributed by atoms with van der Waals surface area (Å²) in [6, 6.07) is 10.9. The van der Waals surface area contributed by atoms with Gasteiger partial charge in [-0.25, -0.2) is 9.07 Å². The number of fused-ring (bicyclic) bond motifs is 4. The molecule has 1 aromatic heterocycles. The van der Waals surface area contributed by atoms with Gasteiger partial charge in [-0.2, -0.15) is 5.10 Å². The number of aliphatic hydroxyl groups is 2. The summed E-state index contributed by atoms with van der Waals surface area (Å²) in [5, 5.41) is 26.5. The van der Waals surface area contributed by atoms with E-state index in [0.717, 1.165) is 42.3 Å². The Bertz CT molecular complexity index is 1040. The van der Waals surface area contributed by atoms with Crippen LogP contribution in [0.1, 0.15) is 50.2 Å². The van der Waals surface area contributed by atoms with Crippen molar-refractivity contribution >= 4 is 10.9 Å². The Morgan fingerprint density at radius 1 is 1.17 bits per heavy atom. The van der Waals surface area contributed by atoms with Crippen LogP contribution in [0.2, 0.25) is 0 Å². The molecule has 2 N–H and O–H groups in total. The van der Waals surface area contributed by atoms with Gasteiger partial charge in [-0.3, -0.25) is 0 Å². The second-order valence-corrected chi connectivity index (χ2v) is 8.77. The van der Waals surface area contributed by atoms with Crippen LogP contribution < -0.4 is 0 Å². The van der Waals surface area contributed by atoms with Gasteiger partial charge in [-0.15, -0.1) is 0 Å². The van der Waals surface area contributed by atoms with Crippen molar-refractivity contribution in [3.8, 4) is 5.69 Å². The molecule has 5 rings (SSSR count). The Morgan fingerprint density at radius 3 is 2.72 bits per heavy atom. The van der Waals surface area contributed by atoms with E-state index in [1.54, 1.807) is 12.1 Å². The quantitative estimate of drug-likeness (QED) is 0.682. The second kappa shape index (κ2) is 6.92. The van der Waals surface area contributed by atoms with E-state index in [1.165, 1.54) is 23.3 Å². The third-order valence-corrected chi connectivity index (χ3v) is 7.36. The minimum Gasteiger partial charge on any atom is -0.390 e. The van der Waals surface area contributed by atoms with E-state index in [1.807, 2.05) is 10.9 Å². The molecule has 0 saturated heterocycles. The lowest BCUT2D eigenvalue weighted by molar-refractivity contribution is -0.0611. The van der Waals surface area contributed by atoms with Crippen molar-refractivity contribution in [1.29, 1.82) is 0 Å². The molecule has 0 amide bonds. The van der Waals surface area contributed by atoms with Crippen molar-refractivity contribution in [2.75, 3.05) is 0 Å². The Hall–Kier alpha value is -2.24. The molecule has 0 spiro atoms. The van der Waals surface area contributed by atoms with Crippen molar-refractivity contribution in [3.05, 3.63) is 59.5 Å². The van der Waals surface area contributed by atoms with Gasteiger partial charge in [-0.1, -0.05) is 6.92 Å². The zero-order valence-corrected chi connectivity index (χ0v) is 16.7. The van der Waals surface area contributed by atoms with Crippen LogP contribution in [0.5, 0.6) is 0 Å². The zero-order valence-electron chi connectivity index (χ0n) is 16.7. The van der Waals surface area contributed by atoms with Crippen LogP contribution in [0.15, 0.2) is 42.6 Å². The summed E-state index contributed by atoms with van der Waals surface area (Å²) < 4.78 is 15.2. The molecule has 0 aliphatic heterocycles. The van der Waals surface area contributed by atoms with Crippen LogP contribution in [-0.2, 0) is 11.8 Å². The van der Waals surface area contributed by atoms with Crippen molar-refractivity contribution in [2.45, 2.75) is 63.1 Å². The van der Waals surface area contributed by atoms with Crippen LogP contribution in [0.4, 0.5) is 4.39 Å². The number of hydrogen-bond acceptors (Lipinski definition) is 3. The first-order chi connectivity index (χ1) is 14.0. The Balaban J connectivity index is 1.67. The lowest BCUT2D eigenvalue weighted by Gasteiger charge is -2.47. The summed E-state index contributed by atoms with van der Waals surface area (Å²) in [4.78, 5) is 0. The smallest absolute Gasteiger partial charge is 0.123 e. The molecule has 4 unspecified atom stereocenters. The first-order valence-corrected chi connectivity index (χ1v) is 10.6. The first-order valence-electron chi connectivity index (χ1n) is 10.6. The number of aliphatic hydroxyl groups excluding tert-OH is 2. The zero-order chi connectivity index (χ0) is 20.2. The highest BCUT2D eigenvalue weighted by Gasteiger charge is 2.48. The van der Waals surface area contributed by atoms with Gasteiger partial charge < -0.3 is 10.2 Å². The molecule has 1 saturated carbocycles. The first kappa shape index (κ1) is 18.8. The molecule has 4 atom stereocenters. The largest absolute Gasteiger partial charge is 0.390 e. The molecule has 0 radical (unpaired) electrons. The highest BCUT2D eigenvalue weighted by molar-refractivity contribution is 5.82. The fraction of sp³-hybridized carbons (Fsp3) is 0.458. The Labute approximate surface area is 170 Å². The summed E-state index contributed by atoms with van der Waals surface area (Å²) in [7, 11) is 0. The van der Waals surface area contributed by atoms with E-state index < -0.39 is 12.2 Å². The molecule has 2 aliphatic rings. The van der Waals surface area contributed by atoms with Gasteiger partial charge in [0, 0.05) is 10.8 Å². The molecule has 2 aliphatic carbocycles. The average molecular weight is 394 g/mol. The predicted molar refractivity (Wildman–Crippen MR) is 111 cm³/mol. The van der Waals surface area contributed by atoms with Gasteiger partial charge in [0.05, 0.1) is 29.6 Å². The molecule has 3 aromatic rings. The summed E-state index contributed by atoms with van der Waals surface area (Å²) in [5.41, 5.74) is 4.40. The lowest BCUT2D eigenvalue weighted by atomic mass is 9.59. The number of benzene rings is 2. The molecule has 152 valence electrons. The molecule has 2 aromatic carbocycles. The predicted octanol–water partition coefficient (Wildman–Crippen LogP) is 4.28. The van der Waals surface area contributed by atoms with Gasteiger partial charge in [0.1, 0.15) is 5.82 Å². The summed E-state index contributed by atoms with van der Waals surface area (Å²) in [6.07, 6.45) is 5.96. The van der Waals surface area contributed by atoms with Crippen LogP contribution in [0, 0.1) is 11.7 Å². The van der Waals surface area contributed by atoms with Crippen LogP contribution in [-0.4, -0.2) is 32.2 Å². The molecule has 1 fully saturated rings. The molecule has 4 nitrogen and oxygen atoms in total. The Kier molecular flexibility index (Phi) is 4.48. The molecule has 1 heterocycles. The van der Waals surface area contributed by atoms with E-state index >= 15 is 0 Å². The molecule has 29 heavy (non-hydrogen) atoms. The van der Waals surface area contributed by atoms with Crippen molar-refractivity contribution in [1.82, 2.24) is 9.78 Å². The van der Waals surface area contributed by atoms with Crippen molar-refractivity contribution < 1.29 is 14.6 Å². The van der Waals surface area contributed by atoms with E-state index in [-0.39, 0.29) is 11.2 Å². The standard InChI is InChI=1S/C24H27FN2O2/c1-2-24-13-23(29)22(28)12-17(24)5-3-4-15-11-21-16(10-20(15)24)14-26-27(21)19-8-6-18(25)7-9-19/h6-11,14,17,22-23,28-29H,2-5,12-13H2,1H3. The van der Waals surface area contributed by atoms with E-state index in [0.29, 0.717) is 18.8 Å². The van der Waals surface area contributed by atoms with E-state index in [4.69, 9.17) is 0 Å². The maximum atomic E-state index is 13.3. The van der Waals surface area contributed by atoms with Gasteiger partial charge in [0.25, 0.3) is 0 Å². The van der Waals surface area contributed by atoms with Gasteiger partial charge >= 0.3 is 0 Å². The number of nitrogens with zero attached hydrogens (tertiary/aromatic N) is 2. The monoisotopic (exact) mass is 394 g/mol. The highest BCUT2D eigenvalue weighted by atomic mass is 19.1. The SMILES string of the molecule is CCC12CC(O)C(O)CC1CCCc1cc3c(cnn3-c3ccc(F)cc3)cc12. The van der Waals surface area contributed by atoms with Crippen molar-refractivity contribution in [2.24, 2.45) is 5.92 Å². The number of rotatable bonds is 2. The summed E-state index contributed by atoms with van der Waals surface area (Å²) in [6.45, 7) is 2.21. The fourth-order valence-corrected chi connectivity index (χ4v) is 5.81. The minimum absolute atomic E-state index is 0.101. The lowest BCUT2D eigenvalue weighted by Crippen LogP contribution is -2.48. The third-order valence-electron chi connectivity index (χ3n) is 7.36. The molecular weight excluding hydrogens is 367 g/mol. The second-order valence-electron chi connectivity index (χ2n) is 8.77. The molecular formula is C24H27FN2O2. The minimum atomic E-state index is -0.671. The van der Waals surface area contributed by atoms with Crippen LogP contribution in [0.3, 0.4) is 0 Å². The van der Waals surface area contributed by atoms with Gasteiger partial charge in [0.2, 0.25) is 0 Å². The van der Waals surface area contributed by atoms with Gasteiger partial charge in [0.15, 0.2) is 0 Å². The van der Waals surface area contributed by atoms with Crippen LogP contribution >= 0.6 is 0 Å². The maximum absolute atomic E-state index is 13.3. The number of hydrogen-bond donors (Lipinski definition) is 2. The maximum Gasteiger partial charge on any atom is 0.123 e. The third kappa shape index (κ3) is 2.90.